The van der Waals surface area contributed by atoms with E-state index in [0.29, 0.717) is 5.69 Å². The van der Waals surface area contributed by atoms with Gasteiger partial charge in [0.15, 0.2) is 0 Å². The van der Waals surface area contributed by atoms with Gasteiger partial charge in [0.05, 0.1) is 29.6 Å². The number of nitrogens with zero attached hydrogens (tertiary/aromatic N) is 6. The van der Waals surface area contributed by atoms with Crippen LogP contribution in [-0.2, 0) is 24.2 Å². The van der Waals surface area contributed by atoms with Crippen LogP contribution in [0.25, 0.3) is 5.52 Å². The van der Waals surface area contributed by atoms with Crippen molar-refractivity contribution in [2.45, 2.75) is 57.9 Å². The van der Waals surface area contributed by atoms with E-state index >= 15 is 0 Å². The molecular formula is C30H38N6O. The average molecular weight is 499 g/mol. The Labute approximate surface area is 220 Å². The summed E-state index contributed by atoms with van der Waals surface area (Å²) in [5.41, 5.74) is 7.12. The summed E-state index contributed by atoms with van der Waals surface area (Å²) in [4.78, 5) is 7.40. The minimum Gasteiger partial charge on any atom is -0.370 e. The molecule has 3 aromatic rings. The summed E-state index contributed by atoms with van der Waals surface area (Å²) in [5.74, 6) is 0.884. The number of nitriles is 1. The summed E-state index contributed by atoms with van der Waals surface area (Å²) < 4.78 is 8.15. The Bertz CT molecular complexity index is 1290. The summed E-state index contributed by atoms with van der Waals surface area (Å²) in [6.45, 7) is 9.27. The van der Waals surface area contributed by atoms with E-state index in [1.54, 1.807) is 10.7 Å². The third kappa shape index (κ3) is 5.24. The molecule has 7 nitrogen and oxygen atoms in total. The smallest absolute Gasteiger partial charge is 0.142 e. The zero-order valence-electron chi connectivity index (χ0n) is 22.1. The van der Waals surface area contributed by atoms with Gasteiger partial charge in [-0.3, -0.25) is 4.90 Å². The quantitative estimate of drug-likeness (QED) is 0.510. The van der Waals surface area contributed by atoms with E-state index < -0.39 is 0 Å². The van der Waals surface area contributed by atoms with Crippen molar-refractivity contribution in [3.63, 3.8) is 0 Å². The Hall–Kier alpha value is -2.92. The first-order valence-corrected chi connectivity index (χ1v) is 13.8. The van der Waals surface area contributed by atoms with E-state index in [2.05, 4.69) is 64.1 Å². The molecule has 0 aliphatic carbocycles. The number of fused-ring (bicyclic) bond motifs is 2. The largest absolute Gasteiger partial charge is 0.370 e. The summed E-state index contributed by atoms with van der Waals surface area (Å²) >= 11 is 0. The molecule has 0 saturated carbocycles. The fourth-order valence-corrected chi connectivity index (χ4v) is 6.51. The highest BCUT2D eigenvalue weighted by Crippen LogP contribution is 2.30. The number of ether oxygens (including phenoxy) is 1. The third-order valence-corrected chi connectivity index (χ3v) is 8.51. The molecule has 7 heteroatoms. The van der Waals surface area contributed by atoms with Crippen LogP contribution in [-0.4, -0.2) is 71.4 Å². The fraction of sp³-hybridized carbons (Fsp3) is 0.533. The number of morpholine rings is 1. The van der Waals surface area contributed by atoms with Crippen LogP contribution < -0.4 is 4.90 Å². The number of anilines is 1. The zero-order chi connectivity index (χ0) is 25.4. The first-order valence-electron chi connectivity index (χ1n) is 13.8. The van der Waals surface area contributed by atoms with Crippen molar-refractivity contribution in [1.82, 2.24) is 19.4 Å². The molecule has 0 bridgehead atoms. The average Bonchev–Trinajstić information content (AvgIpc) is 3.54. The molecule has 2 aromatic heterocycles. The lowest BCUT2D eigenvalue weighted by molar-refractivity contribution is -0.0329. The molecule has 194 valence electrons. The van der Waals surface area contributed by atoms with Gasteiger partial charge in [-0.1, -0.05) is 18.2 Å². The van der Waals surface area contributed by atoms with E-state index in [9.17, 15) is 5.26 Å². The predicted octanol–water partition coefficient (Wildman–Crippen LogP) is 4.09. The molecule has 6 rings (SSSR count). The molecule has 0 N–H and O–H groups in total. The van der Waals surface area contributed by atoms with Gasteiger partial charge < -0.3 is 14.5 Å². The van der Waals surface area contributed by atoms with Crippen LogP contribution in [0.4, 0.5) is 5.69 Å². The van der Waals surface area contributed by atoms with Crippen LogP contribution in [0.15, 0.2) is 42.6 Å². The first kappa shape index (κ1) is 24.4. The topological polar surface area (TPSA) is 60.0 Å². The van der Waals surface area contributed by atoms with Gasteiger partial charge in [-0.15, -0.1) is 0 Å². The van der Waals surface area contributed by atoms with E-state index in [0.717, 1.165) is 49.8 Å². The maximum Gasteiger partial charge on any atom is 0.142 e. The molecule has 37 heavy (non-hydrogen) atoms. The maximum atomic E-state index is 9.44. The number of aryl methyl sites for hydroxylation is 1. The highest BCUT2D eigenvalue weighted by molar-refractivity contribution is 5.74. The lowest BCUT2D eigenvalue weighted by Crippen LogP contribution is -2.50. The van der Waals surface area contributed by atoms with Crippen molar-refractivity contribution in [3.8, 4) is 6.07 Å². The molecule has 0 amide bonds. The Morgan fingerprint density at radius 1 is 1.05 bits per heavy atom. The summed E-state index contributed by atoms with van der Waals surface area (Å²) in [6.07, 6.45) is 7.27. The lowest BCUT2D eigenvalue weighted by atomic mass is 9.90. The molecule has 1 aromatic carbocycles. The minimum atomic E-state index is 0.139. The highest BCUT2D eigenvalue weighted by atomic mass is 16.5. The van der Waals surface area contributed by atoms with Gasteiger partial charge in [0.2, 0.25) is 0 Å². The molecular weight excluding hydrogens is 460 g/mol. The first-order chi connectivity index (χ1) is 18.1. The van der Waals surface area contributed by atoms with Crippen LogP contribution in [0.2, 0.25) is 0 Å². The molecule has 3 aliphatic rings. The number of aromatic nitrogens is 2. The number of hydrogen-bond acceptors (Lipinski definition) is 6. The minimum absolute atomic E-state index is 0.139. The monoisotopic (exact) mass is 498 g/mol. The lowest BCUT2D eigenvalue weighted by Gasteiger charge is -2.39. The molecule has 2 atom stereocenters. The second-order valence-electron chi connectivity index (χ2n) is 11.4. The summed E-state index contributed by atoms with van der Waals surface area (Å²) in [7, 11) is 2.24. The van der Waals surface area contributed by atoms with Crippen molar-refractivity contribution in [2.75, 3.05) is 44.7 Å². The van der Waals surface area contributed by atoms with E-state index in [-0.39, 0.29) is 12.2 Å². The van der Waals surface area contributed by atoms with Crippen molar-refractivity contribution in [2.24, 2.45) is 5.92 Å². The molecule has 2 saturated heterocycles. The number of benzene rings is 1. The third-order valence-electron chi connectivity index (χ3n) is 8.51. The van der Waals surface area contributed by atoms with Crippen LogP contribution in [0, 0.1) is 17.2 Å². The fourth-order valence-electron chi connectivity index (χ4n) is 6.51. The standard InChI is InChI=1S/C30H38N6O/c1-22-17-35(29-8-7-27(16-31)36-30(29)9-12-32-36)21-28(37-22)20-34-18-25-6-5-24(15-26(25)19-34)4-3-23-10-13-33(2)14-11-23/h5-9,12,15,22-23,28H,3-4,10-11,13-14,17-21H2,1-2H3/t22-,28+/m1/s1. The number of hydrogen-bond donors (Lipinski definition) is 0. The van der Waals surface area contributed by atoms with Gasteiger partial charge in [-0.2, -0.15) is 10.4 Å². The van der Waals surface area contributed by atoms with Crippen LogP contribution >= 0.6 is 0 Å². The van der Waals surface area contributed by atoms with Gasteiger partial charge >= 0.3 is 0 Å². The number of pyridine rings is 1. The Morgan fingerprint density at radius 3 is 2.73 bits per heavy atom. The predicted molar refractivity (Wildman–Crippen MR) is 146 cm³/mol. The van der Waals surface area contributed by atoms with Gasteiger partial charge in [0.1, 0.15) is 11.8 Å². The Morgan fingerprint density at radius 2 is 1.89 bits per heavy atom. The maximum absolute atomic E-state index is 9.44. The van der Waals surface area contributed by atoms with Crippen molar-refractivity contribution in [3.05, 3.63) is 65.0 Å². The number of rotatable bonds is 6. The van der Waals surface area contributed by atoms with Crippen LogP contribution in [0.5, 0.6) is 0 Å². The molecule has 3 aliphatic heterocycles. The van der Waals surface area contributed by atoms with Gasteiger partial charge in [-0.05, 0) is 93.6 Å². The SMILES string of the molecule is C[C@@H]1CN(c2ccc(C#N)n3nccc23)C[C@H](CN2Cc3ccc(CCC4CCN(C)CC4)cc3C2)O1. The summed E-state index contributed by atoms with van der Waals surface area (Å²) in [5, 5.41) is 13.8. The Kier molecular flexibility index (Phi) is 6.90. The Balaban J connectivity index is 1.08. The van der Waals surface area contributed by atoms with Crippen molar-refractivity contribution in [1.29, 1.82) is 5.26 Å². The normalized spacial score (nSPS) is 23.4. The molecule has 2 fully saturated rings. The van der Waals surface area contributed by atoms with Crippen molar-refractivity contribution < 1.29 is 4.74 Å². The highest BCUT2D eigenvalue weighted by Gasteiger charge is 2.30. The second-order valence-corrected chi connectivity index (χ2v) is 11.4. The van der Waals surface area contributed by atoms with Crippen LogP contribution in [0.3, 0.4) is 0 Å². The van der Waals surface area contributed by atoms with E-state index in [1.165, 1.54) is 55.5 Å². The zero-order valence-corrected chi connectivity index (χ0v) is 22.1. The molecule has 0 spiro atoms. The van der Waals surface area contributed by atoms with E-state index in [4.69, 9.17) is 4.74 Å². The summed E-state index contributed by atoms with van der Waals surface area (Å²) in [6, 6.07) is 15.3. The molecule has 0 radical (unpaired) electrons. The number of likely N-dealkylation sites (tertiary alicyclic amines) is 1. The van der Waals surface area contributed by atoms with Gasteiger partial charge in [-0.25, -0.2) is 4.52 Å². The van der Waals surface area contributed by atoms with Crippen molar-refractivity contribution >= 4 is 11.2 Å². The van der Waals surface area contributed by atoms with Gasteiger partial charge in [0, 0.05) is 32.7 Å². The molecule has 0 unspecified atom stereocenters. The molecule has 5 heterocycles. The van der Waals surface area contributed by atoms with E-state index in [1.807, 2.05) is 12.1 Å². The van der Waals surface area contributed by atoms with Crippen LogP contribution in [0.1, 0.15) is 48.6 Å². The van der Waals surface area contributed by atoms with Gasteiger partial charge in [0.25, 0.3) is 0 Å². The second kappa shape index (κ2) is 10.4. The number of piperidine rings is 1.